The van der Waals surface area contributed by atoms with Crippen LogP contribution in [0.1, 0.15) is 234 Å². The van der Waals surface area contributed by atoms with Crippen LogP contribution >= 0.6 is 46.4 Å². The molecule has 7 aromatic rings. The first-order valence-electron chi connectivity index (χ1n) is 46.5. The van der Waals surface area contributed by atoms with Crippen molar-refractivity contribution in [2.45, 2.75) is 207 Å². The van der Waals surface area contributed by atoms with Gasteiger partial charge in [0.15, 0.2) is 5.92 Å². The van der Waals surface area contributed by atoms with Gasteiger partial charge in [0, 0.05) is 149 Å². The molecule has 0 aliphatic carbocycles. The largest absolute Gasteiger partial charge is 0.493 e. The van der Waals surface area contributed by atoms with Crippen LogP contribution in [0.25, 0.3) is 0 Å². The lowest BCUT2D eigenvalue weighted by Gasteiger charge is -2.38. The van der Waals surface area contributed by atoms with Crippen LogP contribution in [0, 0.1) is 11.8 Å². The number of amides is 6. The number of methoxy groups -OCH3 is 7. The molecule has 14 rings (SSSR count). The van der Waals surface area contributed by atoms with Gasteiger partial charge < -0.3 is 99.1 Å². The molecule has 6 amide bonds. The fourth-order valence-corrected chi connectivity index (χ4v) is 17.2. The molecule has 8 atom stereocenters. The maximum absolute atomic E-state index is 13.5. The van der Waals surface area contributed by atoms with Crippen LogP contribution in [0.15, 0.2) is 67.0 Å². The third-order valence-corrected chi connectivity index (χ3v) is 24.6. The molecule has 45 nitrogen and oxygen atoms in total. The maximum atomic E-state index is 13.5. The summed E-state index contributed by atoms with van der Waals surface area (Å²) < 4.78 is 36.2. The number of hydrogen-bond acceptors (Lipinski definition) is 38. The number of halogens is 4. The number of carbonyl (C=O) groups excluding carboxylic acids is 13. The molecule has 7 aliphatic rings. The zero-order chi connectivity index (χ0) is 107. The summed E-state index contributed by atoms with van der Waals surface area (Å²) in [5, 5.41) is 25.6. The van der Waals surface area contributed by atoms with Crippen molar-refractivity contribution >= 4 is 165 Å². The molecule has 1 aromatic carbocycles. The van der Waals surface area contributed by atoms with E-state index >= 15 is 0 Å². The summed E-state index contributed by atoms with van der Waals surface area (Å²) >= 11 is 23.7. The highest BCUT2D eigenvalue weighted by Crippen LogP contribution is 2.42. The second kappa shape index (κ2) is 57.3. The Bertz CT molecular complexity index is 5600. The summed E-state index contributed by atoms with van der Waals surface area (Å²) in [5.41, 5.74) is 4.61. The average molecular weight is 2090 g/mol. The number of anilines is 7. The van der Waals surface area contributed by atoms with Crippen LogP contribution in [0.2, 0.25) is 20.5 Å². The van der Waals surface area contributed by atoms with Gasteiger partial charge in [-0.15, -0.1) is 0 Å². The number of aromatic nitrogens is 12. The van der Waals surface area contributed by atoms with Crippen molar-refractivity contribution in [2.75, 3.05) is 158 Å². The molecule has 3 fully saturated rings. The van der Waals surface area contributed by atoms with Gasteiger partial charge in [-0.05, 0) is 93.2 Å². The van der Waals surface area contributed by atoms with Gasteiger partial charge >= 0.3 is 47.9 Å². The molecule has 7 aliphatic heterocycles. The minimum Gasteiger partial charge on any atom is -0.493 e. The lowest BCUT2D eigenvalue weighted by Crippen LogP contribution is -2.51. The van der Waals surface area contributed by atoms with Crippen LogP contribution in [-0.4, -0.2) is 286 Å². The van der Waals surface area contributed by atoms with Gasteiger partial charge in [-0.25, -0.2) is 59.6 Å². The molecule has 7 unspecified atom stereocenters. The molecular weight excluding hydrogens is 1960 g/mol. The van der Waals surface area contributed by atoms with Gasteiger partial charge in [-0.3, -0.25) is 62.3 Å². The lowest BCUT2D eigenvalue weighted by atomic mass is 9.91. The zero-order valence-corrected chi connectivity index (χ0v) is 87.2. The SMILES string of the molecule is CC(C)NC[C@@H](C(=O)N1CCN(c2ncnc3c2C(C)CC(=O)N3)CC1)c1ccc(Cl)cc1.CC1CC(=O)Nc2ncnc(Cl)c21.CC1CC(=O)Nc2ncnc(N3CCCCC3)c21.CC1CC(=O)Nc2ncnc(N3CCN(C(=O)OC(C)(C)C)CC3)c21.COC(=O)CC(=O)OC.COC(=O)CC(C)C(C(=O)OC)C(=O)OC.COC(=O)CC(C)c1c(Cl)ncnc1Cl.COC(=O)CC(C)c1c(O)nc[nH]c1=O. The molecule has 0 bridgehead atoms. The first-order valence-corrected chi connectivity index (χ1v) is 48.0. The van der Waals surface area contributed by atoms with Crippen molar-refractivity contribution in [2.24, 2.45) is 11.8 Å². The van der Waals surface area contributed by atoms with E-state index in [0.717, 1.165) is 64.7 Å². The number of piperidine rings is 1. The van der Waals surface area contributed by atoms with Gasteiger partial charge in [0.25, 0.3) is 5.56 Å². The Kier molecular flexibility index (Phi) is 46.8. The van der Waals surface area contributed by atoms with Crippen molar-refractivity contribution in [1.82, 2.24) is 74.9 Å². The lowest BCUT2D eigenvalue weighted by molar-refractivity contribution is -0.162. The highest BCUT2D eigenvalue weighted by atomic mass is 35.5. The standard InChI is InChI=1S/C24H31ClN6O2.C17H25N5O3.C13H18N4O.C10H16O6.C9H10Cl2N2O2.C9H12N2O4.C8H8ClN3O.C5H8O4/c1-15(2)26-13-19(17-4-6-18(25)7-5-17)24(33)31-10-8-30(9-11-31)23-21-16(3)12-20(32)29-22(21)27-14-28-23;1-11-9-12(23)20-14-13(11)15(19-10-18-14)21-5-7-22(8-6-21)16(24)25-17(2,3)4;1-9-7-10(18)16-12-11(9)13(15-8-14-12)17-5-3-2-4-6-17;1-6(5-7(11)14-2)8(9(12)15-3)10(13)16-4;1-5(3-6(14)15-2)7-8(10)12-4-13-9(7)11;1-5(3-6(12)15-2)7-8(13)10-4-11-9(7)14;1-4-2-5(13)12-8-6(4)7(9)10-3-11-8;1-8-4(6)3-5(7)9-2/h4-7,14-16,19,26H,8-13H2,1-3H3,(H,27,28,29,32);10-11H,5-9H2,1-4H3,(H,18,19,20,23);8-9H,2-7H2,1H3,(H,14,15,16,18);6,8H,5H2,1-4H3;4-5H,3H2,1-2H3;4-5H,3H2,1-2H3,(H2,10,11,13,14);3-4H,2H2,1H3,(H,10,11,12,13);3H2,1-2H3/t16?,19-;;;;;;;/m1......./s1. The van der Waals surface area contributed by atoms with E-state index in [2.05, 4.69) is 155 Å². The summed E-state index contributed by atoms with van der Waals surface area (Å²) in [6.07, 6.45) is 13.4. The van der Waals surface area contributed by atoms with E-state index in [-0.39, 0.29) is 131 Å². The average Bonchev–Trinajstić information content (AvgIpc) is 0.732. The number of esters is 7. The summed E-state index contributed by atoms with van der Waals surface area (Å²) in [7, 11) is 8.60. The predicted octanol–water partition coefficient (Wildman–Crippen LogP) is 10.9. The molecule has 784 valence electrons. The number of nitrogens with one attached hydrogen (secondary N) is 6. The van der Waals surface area contributed by atoms with E-state index in [1.807, 2.05) is 77.6 Å². The molecule has 6 aromatic heterocycles. The molecule has 49 heteroatoms. The highest BCUT2D eigenvalue weighted by Gasteiger charge is 2.39. The van der Waals surface area contributed by atoms with Crippen molar-refractivity contribution in [3.8, 4) is 5.88 Å². The number of carbonyl (C=O) groups is 13. The van der Waals surface area contributed by atoms with Crippen molar-refractivity contribution in [3.05, 3.63) is 132 Å². The quantitative estimate of drug-likeness (QED) is 0.0152. The Labute approximate surface area is 854 Å². The zero-order valence-electron chi connectivity index (χ0n) is 84.2. The van der Waals surface area contributed by atoms with E-state index < -0.39 is 64.7 Å². The van der Waals surface area contributed by atoms with Crippen molar-refractivity contribution < 1.29 is 105 Å². The first kappa shape index (κ1) is 118. The molecule has 7 N–H and O–H groups in total. The monoisotopic (exact) mass is 2080 g/mol. The van der Waals surface area contributed by atoms with Crippen LogP contribution < -0.4 is 46.8 Å². The first-order chi connectivity index (χ1) is 68.3. The smallest absolute Gasteiger partial charge is 0.410 e. The summed E-state index contributed by atoms with van der Waals surface area (Å²) in [4.78, 5) is 217. The minimum atomic E-state index is -1.10. The number of aromatic amines is 1. The number of fused-ring (bicyclic) bond motifs is 4. The molecule has 0 radical (unpaired) electrons. The third-order valence-electron chi connectivity index (χ3n) is 23.5. The molecular formula is C95H128Cl4N22O23. The van der Waals surface area contributed by atoms with Crippen molar-refractivity contribution in [3.63, 3.8) is 0 Å². The Morgan fingerprint density at radius 3 is 1.19 bits per heavy atom. The molecule has 3 saturated heterocycles. The van der Waals surface area contributed by atoms with E-state index in [4.69, 9.17) is 51.1 Å². The van der Waals surface area contributed by atoms with Crippen molar-refractivity contribution in [1.29, 1.82) is 0 Å². The highest BCUT2D eigenvalue weighted by molar-refractivity contribution is 6.34. The summed E-state index contributed by atoms with van der Waals surface area (Å²) in [6, 6.07) is 7.83. The van der Waals surface area contributed by atoms with Crippen LogP contribution in [0.3, 0.4) is 0 Å². The topological polar surface area (TPSA) is 567 Å². The van der Waals surface area contributed by atoms with E-state index in [1.165, 1.54) is 94.3 Å². The minimum absolute atomic E-state index is 0.0144. The fraction of sp³-hybridized carbons (Fsp3) is 0.547. The van der Waals surface area contributed by atoms with Crippen LogP contribution in [0.4, 0.5) is 45.5 Å². The normalized spacial score (nSPS) is 17.2. The van der Waals surface area contributed by atoms with E-state index in [9.17, 15) is 72.2 Å². The maximum Gasteiger partial charge on any atom is 0.410 e. The van der Waals surface area contributed by atoms with Gasteiger partial charge in [0.1, 0.15) is 99.8 Å². The molecule has 13 heterocycles. The van der Waals surface area contributed by atoms with Gasteiger partial charge in [0.05, 0.1) is 80.4 Å². The molecule has 144 heavy (non-hydrogen) atoms. The fourth-order valence-electron chi connectivity index (χ4n) is 16.0. The summed E-state index contributed by atoms with van der Waals surface area (Å²) in [6.45, 7) is 30.6. The Balaban J connectivity index is 0.000000230. The number of hydrogen-bond donors (Lipinski definition) is 7. The molecule has 0 saturated carbocycles. The Hall–Kier alpha value is -13.3. The second-order valence-corrected chi connectivity index (χ2v) is 37.2. The Morgan fingerprint density at radius 2 is 0.799 bits per heavy atom. The van der Waals surface area contributed by atoms with Gasteiger partial charge in [-0.1, -0.05) is 121 Å². The number of nitrogens with zero attached hydrogens (tertiary/aromatic N) is 16. The molecule has 0 spiro atoms. The number of piperazine rings is 2. The number of H-pyrrole nitrogens is 1. The third kappa shape index (κ3) is 35.1. The number of aromatic hydroxyl groups is 1. The van der Waals surface area contributed by atoms with Crippen LogP contribution in [-0.2, 0) is 95.4 Å². The predicted molar refractivity (Wildman–Crippen MR) is 533 cm³/mol. The number of benzene rings is 1. The number of rotatable bonds is 21. The number of ether oxygens (including phenoxy) is 8. The van der Waals surface area contributed by atoms with Crippen LogP contribution in [0.5, 0.6) is 5.88 Å². The van der Waals surface area contributed by atoms with E-state index in [0.29, 0.717) is 124 Å². The summed E-state index contributed by atoms with van der Waals surface area (Å²) in [5.74, 6) is -0.988. The second-order valence-electron chi connectivity index (χ2n) is 35.7. The Morgan fingerprint density at radius 1 is 0.438 bits per heavy atom. The van der Waals surface area contributed by atoms with Gasteiger partial charge in [-0.2, -0.15) is 0 Å². The van der Waals surface area contributed by atoms with E-state index in [1.54, 1.807) is 25.1 Å². The van der Waals surface area contributed by atoms with Gasteiger partial charge in [0.2, 0.25) is 35.4 Å².